The summed E-state index contributed by atoms with van der Waals surface area (Å²) in [6, 6.07) is 5.48. The van der Waals surface area contributed by atoms with Crippen molar-refractivity contribution in [1.82, 2.24) is 4.90 Å². The van der Waals surface area contributed by atoms with Crippen LogP contribution in [0.3, 0.4) is 0 Å². The van der Waals surface area contributed by atoms with Crippen LogP contribution < -0.4 is 4.74 Å². The predicted octanol–water partition coefficient (Wildman–Crippen LogP) is 2.11. The van der Waals surface area contributed by atoms with Crippen molar-refractivity contribution >= 4 is 23.5 Å². The number of rotatable bonds is 5. The third kappa shape index (κ3) is 3.13. The quantitative estimate of drug-likeness (QED) is 0.904. The van der Waals surface area contributed by atoms with Crippen molar-refractivity contribution in [2.24, 2.45) is 0 Å². The molecular formula is C15H16ClNO4. The number of carboxylic acids is 1. The Morgan fingerprint density at radius 2 is 2.14 bits per heavy atom. The number of hydrogen-bond donors (Lipinski definition) is 1. The highest BCUT2D eigenvalue weighted by atomic mass is 35.5. The summed E-state index contributed by atoms with van der Waals surface area (Å²) in [6.07, 6.45) is 1.78. The number of ether oxygens (including phenoxy) is 1. The van der Waals surface area contributed by atoms with E-state index in [1.165, 1.54) is 0 Å². The zero-order valence-corrected chi connectivity index (χ0v) is 12.2. The molecule has 0 bridgehead atoms. The van der Waals surface area contributed by atoms with Gasteiger partial charge in [0.25, 0.3) is 5.91 Å². The van der Waals surface area contributed by atoms with E-state index in [0.717, 1.165) is 18.4 Å². The van der Waals surface area contributed by atoms with Gasteiger partial charge in [-0.2, -0.15) is 0 Å². The lowest BCUT2D eigenvalue weighted by Gasteiger charge is -2.24. The molecule has 0 saturated heterocycles. The molecule has 1 fully saturated rings. The maximum Gasteiger partial charge on any atom is 0.305 e. The van der Waals surface area contributed by atoms with Crippen LogP contribution in [0.5, 0.6) is 5.75 Å². The zero-order valence-electron chi connectivity index (χ0n) is 11.4. The van der Waals surface area contributed by atoms with E-state index in [9.17, 15) is 9.59 Å². The van der Waals surface area contributed by atoms with Gasteiger partial charge in [-0.05, 0) is 36.6 Å². The van der Waals surface area contributed by atoms with Gasteiger partial charge in [0.2, 0.25) is 0 Å². The molecular weight excluding hydrogens is 294 g/mol. The first-order valence-electron chi connectivity index (χ1n) is 7.02. The second-order valence-electron chi connectivity index (χ2n) is 5.47. The van der Waals surface area contributed by atoms with E-state index in [1.54, 1.807) is 17.0 Å². The Hall–Kier alpha value is -1.75. The van der Waals surface area contributed by atoms with E-state index >= 15 is 0 Å². The van der Waals surface area contributed by atoms with Gasteiger partial charge < -0.3 is 14.7 Å². The molecule has 1 aliphatic carbocycles. The average Bonchev–Trinajstić information content (AvgIpc) is 3.17. The van der Waals surface area contributed by atoms with Crippen molar-refractivity contribution < 1.29 is 19.4 Å². The molecule has 0 spiro atoms. The number of hydrogen-bond acceptors (Lipinski definition) is 3. The minimum atomic E-state index is -0.893. The molecule has 1 heterocycles. The molecule has 1 aliphatic heterocycles. The van der Waals surface area contributed by atoms with Gasteiger partial charge in [-0.25, -0.2) is 0 Å². The van der Waals surface area contributed by atoms with Crippen LogP contribution in [-0.4, -0.2) is 40.6 Å². The summed E-state index contributed by atoms with van der Waals surface area (Å²) in [5.41, 5.74) is 0.926. The molecule has 1 unspecified atom stereocenters. The average molecular weight is 310 g/mol. The molecule has 1 amide bonds. The molecule has 1 aromatic rings. The third-order valence-corrected chi connectivity index (χ3v) is 4.04. The summed E-state index contributed by atoms with van der Waals surface area (Å²) in [4.78, 5) is 24.9. The summed E-state index contributed by atoms with van der Waals surface area (Å²) >= 11 is 5.94. The Kier molecular flexibility index (Phi) is 3.76. The maximum atomic E-state index is 12.6. The summed E-state index contributed by atoms with van der Waals surface area (Å²) in [5, 5.41) is 9.42. The number of carboxylic acid groups (broad SMARTS) is 1. The number of fused-ring (bicyclic) bond motifs is 1. The molecule has 3 rings (SSSR count). The van der Waals surface area contributed by atoms with Crippen LogP contribution in [0, 0.1) is 0 Å². The van der Waals surface area contributed by atoms with Crippen molar-refractivity contribution in [1.29, 1.82) is 0 Å². The number of nitrogens with zero attached hydrogens (tertiary/aromatic N) is 1. The topological polar surface area (TPSA) is 66.8 Å². The standard InChI is InChI=1S/C15H16ClNO4/c16-10-1-4-12-9(7-10)8-13(21-12)15(20)17(11-2-3-11)6-5-14(18)19/h1,4,7,11,13H,2-3,5-6,8H2,(H,18,19). The Morgan fingerprint density at radius 3 is 2.81 bits per heavy atom. The van der Waals surface area contributed by atoms with Gasteiger partial charge in [0.1, 0.15) is 5.75 Å². The van der Waals surface area contributed by atoms with Crippen molar-refractivity contribution in [3.8, 4) is 5.75 Å². The first-order chi connectivity index (χ1) is 10.0. The molecule has 1 aromatic carbocycles. The van der Waals surface area contributed by atoms with E-state index in [2.05, 4.69) is 0 Å². The highest BCUT2D eigenvalue weighted by Crippen LogP contribution is 2.34. The number of halogens is 1. The van der Waals surface area contributed by atoms with Crippen LogP contribution in [0.25, 0.3) is 0 Å². The Labute approximate surface area is 127 Å². The summed E-state index contributed by atoms with van der Waals surface area (Å²) in [7, 11) is 0. The molecule has 0 radical (unpaired) electrons. The minimum Gasteiger partial charge on any atom is -0.481 e. The van der Waals surface area contributed by atoms with E-state index in [4.69, 9.17) is 21.4 Å². The SMILES string of the molecule is O=C(O)CCN(C(=O)C1Cc2cc(Cl)ccc2O1)C1CC1. The Bertz CT molecular complexity index is 585. The molecule has 0 aromatic heterocycles. The first-order valence-corrected chi connectivity index (χ1v) is 7.40. The molecule has 112 valence electrons. The smallest absolute Gasteiger partial charge is 0.305 e. The zero-order chi connectivity index (χ0) is 15.0. The van der Waals surface area contributed by atoms with Gasteiger partial charge in [-0.1, -0.05) is 11.6 Å². The van der Waals surface area contributed by atoms with Crippen molar-refractivity contribution in [3.05, 3.63) is 28.8 Å². The van der Waals surface area contributed by atoms with Gasteiger partial charge in [-0.15, -0.1) is 0 Å². The van der Waals surface area contributed by atoms with Crippen LogP contribution in [-0.2, 0) is 16.0 Å². The lowest BCUT2D eigenvalue weighted by atomic mass is 10.1. The number of aliphatic carboxylic acids is 1. The largest absolute Gasteiger partial charge is 0.481 e. The monoisotopic (exact) mass is 309 g/mol. The molecule has 21 heavy (non-hydrogen) atoms. The fraction of sp³-hybridized carbons (Fsp3) is 0.467. The maximum absolute atomic E-state index is 12.6. The van der Waals surface area contributed by atoms with Gasteiger partial charge >= 0.3 is 5.97 Å². The van der Waals surface area contributed by atoms with Crippen LogP contribution in [0.15, 0.2) is 18.2 Å². The Morgan fingerprint density at radius 1 is 1.38 bits per heavy atom. The van der Waals surface area contributed by atoms with Crippen molar-refractivity contribution in [3.63, 3.8) is 0 Å². The second-order valence-corrected chi connectivity index (χ2v) is 5.91. The van der Waals surface area contributed by atoms with E-state index in [0.29, 0.717) is 17.2 Å². The molecule has 1 saturated carbocycles. The lowest BCUT2D eigenvalue weighted by molar-refractivity contribution is -0.141. The molecule has 1 N–H and O–H groups in total. The van der Waals surface area contributed by atoms with Gasteiger partial charge in [0.15, 0.2) is 6.10 Å². The molecule has 1 atom stereocenters. The van der Waals surface area contributed by atoms with Crippen LogP contribution in [0.1, 0.15) is 24.8 Å². The summed E-state index contributed by atoms with van der Waals surface area (Å²) < 4.78 is 5.69. The van der Waals surface area contributed by atoms with Gasteiger partial charge in [0.05, 0.1) is 6.42 Å². The van der Waals surface area contributed by atoms with E-state index < -0.39 is 12.1 Å². The van der Waals surface area contributed by atoms with Crippen LogP contribution >= 0.6 is 11.6 Å². The lowest BCUT2D eigenvalue weighted by Crippen LogP contribution is -2.43. The highest BCUT2D eigenvalue weighted by Gasteiger charge is 2.39. The highest BCUT2D eigenvalue weighted by molar-refractivity contribution is 6.30. The number of benzene rings is 1. The van der Waals surface area contributed by atoms with E-state index in [-0.39, 0.29) is 24.9 Å². The fourth-order valence-corrected chi connectivity index (χ4v) is 2.81. The van der Waals surface area contributed by atoms with Gasteiger partial charge in [0, 0.05) is 24.0 Å². The third-order valence-electron chi connectivity index (χ3n) is 3.81. The van der Waals surface area contributed by atoms with E-state index in [1.807, 2.05) is 6.07 Å². The second kappa shape index (κ2) is 5.56. The Balaban J connectivity index is 1.68. The van der Waals surface area contributed by atoms with Crippen molar-refractivity contribution in [2.75, 3.05) is 6.54 Å². The number of amides is 1. The van der Waals surface area contributed by atoms with Gasteiger partial charge in [-0.3, -0.25) is 9.59 Å². The fourth-order valence-electron chi connectivity index (χ4n) is 2.61. The molecule has 2 aliphatic rings. The first kappa shape index (κ1) is 14.2. The number of carbonyl (C=O) groups is 2. The minimum absolute atomic E-state index is 0.0340. The molecule has 5 nitrogen and oxygen atoms in total. The summed E-state index contributed by atoms with van der Waals surface area (Å²) in [6.45, 7) is 0.246. The predicted molar refractivity (Wildman–Crippen MR) is 76.6 cm³/mol. The normalized spacial score (nSPS) is 19.8. The van der Waals surface area contributed by atoms with Crippen molar-refractivity contribution in [2.45, 2.75) is 37.8 Å². The van der Waals surface area contributed by atoms with Crippen LogP contribution in [0.4, 0.5) is 0 Å². The molecule has 6 heteroatoms. The summed E-state index contributed by atoms with van der Waals surface area (Å²) in [5.74, 6) is -0.325. The number of carbonyl (C=O) groups excluding carboxylic acids is 1. The van der Waals surface area contributed by atoms with Crippen LogP contribution in [0.2, 0.25) is 5.02 Å².